The van der Waals surface area contributed by atoms with Crippen molar-refractivity contribution in [1.29, 1.82) is 0 Å². The van der Waals surface area contributed by atoms with Crippen LogP contribution in [0.15, 0.2) is 52.2 Å². The van der Waals surface area contributed by atoms with Crippen molar-refractivity contribution < 1.29 is 27.2 Å². The zero-order valence-corrected chi connectivity index (χ0v) is 23.4. The van der Waals surface area contributed by atoms with E-state index in [1.165, 1.54) is 18.3 Å². The van der Waals surface area contributed by atoms with Crippen LogP contribution in [0.1, 0.15) is 68.0 Å². The molecular formula is C28H33N5O6S. The minimum Gasteiger partial charge on any atom is -0.449 e. The van der Waals surface area contributed by atoms with E-state index in [0.29, 0.717) is 40.2 Å². The molecule has 2 aliphatic rings. The summed E-state index contributed by atoms with van der Waals surface area (Å²) in [6.07, 6.45) is 6.03. The molecule has 1 aliphatic carbocycles. The Labute approximate surface area is 232 Å². The van der Waals surface area contributed by atoms with Gasteiger partial charge in [-0.05, 0) is 63.8 Å². The fraction of sp³-hybridized carbons (Fsp3) is 0.464. The first-order valence-corrected chi connectivity index (χ1v) is 15.0. The van der Waals surface area contributed by atoms with E-state index < -0.39 is 39.2 Å². The standard InChI is InChI=1S/C28H33N5O6S/c1-18-11-12-20(21(34)17-31-18)33(40(37,38)23-10-4-7-15-29-23)27(36)28(13-5-3-6-14-28)32-26(35)25-19(2)24-22(39-25)9-8-16-30-24/h4,7-10,15-16,18,20,31H,3,5-6,11-14,17H2,1-2H3,(H,32,35)/t18-,20+/m1/s1. The molecule has 4 heterocycles. The number of Topliss-reactive ketones (excluding diaryl/α,β-unsaturated/α-hetero) is 1. The summed E-state index contributed by atoms with van der Waals surface area (Å²) in [5.74, 6) is -1.86. The molecule has 2 atom stereocenters. The van der Waals surface area contributed by atoms with Gasteiger partial charge in [0.15, 0.2) is 22.2 Å². The summed E-state index contributed by atoms with van der Waals surface area (Å²) in [7, 11) is -4.54. The highest BCUT2D eigenvalue weighted by Crippen LogP contribution is 2.35. The zero-order valence-electron chi connectivity index (χ0n) is 22.6. The molecule has 0 spiro atoms. The predicted molar refractivity (Wildman–Crippen MR) is 146 cm³/mol. The van der Waals surface area contributed by atoms with Gasteiger partial charge >= 0.3 is 0 Å². The Kier molecular flexibility index (Phi) is 7.74. The summed E-state index contributed by atoms with van der Waals surface area (Å²) >= 11 is 0. The highest BCUT2D eigenvalue weighted by atomic mass is 32.2. The van der Waals surface area contributed by atoms with Crippen LogP contribution in [0, 0.1) is 6.92 Å². The van der Waals surface area contributed by atoms with E-state index in [1.807, 2.05) is 6.92 Å². The molecule has 2 N–H and O–H groups in total. The van der Waals surface area contributed by atoms with E-state index in [-0.39, 0.29) is 42.6 Å². The van der Waals surface area contributed by atoms with E-state index in [2.05, 4.69) is 20.6 Å². The van der Waals surface area contributed by atoms with Gasteiger partial charge in [0, 0.05) is 24.0 Å². The average molecular weight is 568 g/mol. The number of fused-ring (bicyclic) bond motifs is 1. The van der Waals surface area contributed by atoms with Crippen LogP contribution >= 0.6 is 0 Å². The number of rotatable bonds is 6. The minimum atomic E-state index is -4.54. The van der Waals surface area contributed by atoms with E-state index in [0.717, 1.165) is 6.42 Å². The molecule has 2 fully saturated rings. The molecule has 1 saturated heterocycles. The van der Waals surface area contributed by atoms with Crippen molar-refractivity contribution in [3.8, 4) is 0 Å². The maximum Gasteiger partial charge on any atom is 0.288 e. The Balaban J connectivity index is 1.58. The van der Waals surface area contributed by atoms with Crippen molar-refractivity contribution in [3.63, 3.8) is 0 Å². The number of aryl methyl sites for hydroxylation is 1. The number of nitrogens with zero attached hydrogens (tertiary/aromatic N) is 3. The van der Waals surface area contributed by atoms with Crippen molar-refractivity contribution in [2.45, 2.75) is 81.4 Å². The number of hydrogen-bond acceptors (Lipinski definition) is 9. The summed E-state index contributed by atoms with van der Waals surface area (Å²) in [5.41, 5.74) is -0.0776. The van der Waals surface area contributed by atoms with Gasteiger partial charge in [-0.1, -0.05) is 25.3 Å². The Morgan fingerprint density at radius 1 is 1.07 bits per heavy atom. The van der Waals surface area contributed by atoms with Crippen molar-refractivity contribution in [1.82, 2.24) is 24.9 Å². The van der Waals surface area contributed by atoms with Crippen LogP contribution in [-0.2, 0) is 19.6 Å². The monoisotopic (exact) mass is 567 g/mol. The third kappa shape index (κ3) is 5.13. The molecular weight excluding hydrogens is 534 g/mol. The van der Waals surface area contributed by atoms with E-state index in [1.54, 1.807) is 31.3 Å². The van der Waals surface area contributed by atoms with Gasteiger partial charge < -0.3 is 15.1 Å². The number of nitrogens with one attached hydrogen (secondary N) is 2. The number of pyridine rings is 2. The Bertz CT molecular complexity index is 1530. The zero-order chi connectivity index (χ0) is 28.5. The predicted octanol–water partition coefficient (Wildman–Crippen LogP) is 2.89. The van der Waals surface area contributed by atoms with Crippen molar-refractivity contribution >= 4 is 38.7 Å². The second-order valence-electron chi connectivity index (χ2n) is 10.6. The number of amides is 2. The lowest BCUT2D eigenvalue weighted by Gasteiger charge is -2.41. The molecule has 0 bridgehead atoms. The van der Waals surface area contributed by atoms with Gasteiger partial charge in [-0.25, -0.2) is 9.29 Å². The second-order valence-corrected chi connectivity index (χ2v) is 12.4. The number of ketones is 1. The molecule has 0 unspecified atom stereocenters. The molecule has 212 valence electrons. The summed E-state index contributed by atoms with van der Waals surface area (Å²) in [5, 5.41) is 5.62. The molecule has 5 rings (SSSR count). The molecule has 0 radical (unpaired) electrons. The molecule has 3 aromatic rings. The number of hydrogen-bond donors (Lipinski definition) is 2. The second kappa shape index (κ2) is 11.1. The van der Waals surface area contributed by atoms with Gasteiger partial charge in [-0.3, -0.25) is 19.4 Å². The Morgan fingerprint density at radius 3 is 2.52 bits per heavy atom. The first kappa shape index (κ1) is 27.9. The molecule has 2 amide bonds. The molecule has 11 nitrogen and oxygen atoms in total. The highest BCUT2D eigenvalue weighted by Gasteiger charge is 2.51. The summed E-state index contributed by atoms with van der Waals surface area (Å²) in [6.45, 7) is 3.54. The third-order valence-electron chi connectivity index (χ3n) is 7.87. The lowest BCUT2D eigenvalue weighted by Crippen LogP contribution is -2.64. The first-order chi connectivity index (χ1) is 19.1. The maximum absolute atomic E-state index is 14.6. The average Bonchev–Trinajstić information content (AvgIpc) is 3.21. The molecule has 1 aliphatic heterocycles. The fourth-order valence-electron chi connectivity index (χ4n) is 5.63. The Morgan fingerprint density at radius 2 is 1.82 bits per heavy atom. The van der Waals surface area contributed by atoms with Crippen molar-refractivity contribution in [2.75, 3.05) is 6.54 Å². The van der Waals surface area contributed by atoms with Crippen LogP contribution in [0.4, 0.5) is 0 Å². The number of sulfonamides is 1. The molecule has 1 saturated carbocycles. The normalized spacial score (nSPS) is 21.5. The largest absolute Gasteiger partial charge is 0.449 e. The van der Waals surface area contributed by atoms with E-state index in [4.69, 9.17) is 4.42 Å². The van der Waals surface area contributed by atoms with Gasteiger partial charge in [0.05, 0.1) is 6.54 Å². The van der Waals surface area contributed by atoms with Crippen LogP contribution in [0.3, 0.4) is 0 Å². The molecule has 40 heavy (non-hydrogen) atoms. The third-order valence-corrected chi connectivity index (χ3v) is 9.58. The molecule has 12 heteroatoms. The highest BCUT2D eigenvalue weighted by molar-refractivity contribution is 7.89. The lowest BCUT2D eigenvalue weighted by atomic mass is 9.80. The van der Waals surface area contributed by atoms with E-state index in [9.17, 15) is 22.8 Å². The smallest absolute Gasteiger partial charge is 0.288 e. The quantitative estimate of drug-likeness (QED) is 0.458. The van der Waals surface area contributed by atoms with Gasteiger partial charge in [0.2, 0.25) is 0 Å². The molecule has 3 aromatic heterocycles. The minimum absolute atomic E-state index is 0.00847. The summed E-state index contributed by atoms with van der Waals surface area (Å²) in [4.78, 5) is 49.8. The number of carbonyl (C=O) groups excluding carboxylic acids is 3. The van der Waals surface area contributed by atoms with Crippen molar-refractivity contribution in [2.24, 2.45) is 0 Å². The topological polar surface area (TPSA) is 152 Å². The van der Waals surface area contributed by atoms with Crippen LogP contribution in [0.2, 0.25) is 0 Å². The first-order valence-electron chi connectivity index (χ1n) is 13.6. The summed E-state index contributed by atoms with van der Waals surface area (Å²) < 4.78 is 34.6. The van der Waals surface area contributed by atoms with Gasteiger partial charge in [-0.2, -0.15) is 8.42 Å². The van der Waals surface area contributed by atoms with Gasteiger partial charge in [0.1, 0.15) is 17.1 Å². The van der Waals surface area contributed by atoms with Crippen LogP contribution < -0.4 is 10.6 Å². The van der Waals surface area contributed by atoms with E-state index >= 15 is 0 Å². The fourth-order valence-corrected chi connectivity index (χ4v) is 7.23. The van der Waals surface area contributed by atoms with Crippen LogP contribution in [-0.4, -0.2) is 64.5 Å². The number of carbonyl (C=O) groups is 3. The number of aromatic nitrogens is 2. The van der Waals surface area contributed by atoms with Crippen molar-refractivity contribution in [3.05, 3.63) is 54.0 Å². The molecule has 0 aromatic carbocycles. The Hall–Kier alpha value is -3.64. The maximum atomic E-state index is 14.6. The SMILES string of the molecule is Cc1c(C(=O)NC2(C(=O)N([C@H]3CC[C@@H](C)NCC3=O)S(=O)(=O)c3ccccn3)CCCCC2)oc2cccnc12. The van der Waals surface area contributed by atoms with Gasteiger partial charge in [0.25, 0.3) is 21.8 Å². The lowest BCUT2D eigenvalue weighted by molar-refractivity contribution is -0.140. The van der Waals surface area contributed by atoms with Crippen LogP contribution in [0.25, 0.3) is 11.1 Å². The van der Waals surface area contributed by atoms with Crippen LogP contribution in [0.5, 0.6) is 0 Å². The number of furan rings is 1. The van der Waals surface area contributed by atoms with Gasteiger partial charge in [-0.15, -0.1) is 0 Å². The summed E-state index contributed by atoms with van der Waals surface area (Å²) in [6, 6.07) is 6.51.